The molecule has 2 aliphatic rings. The first-order chi connectivity index (χ1) is 50.3. The number of nitrogens with one attached hydrogen (secondary N) is 4. The molecule has 560 valence electrons. The number of hydrogen-bond acceptors (Lipinski definition) is 19. The molecule has 0 bridgehead atoms. The van der Waals surface area contributed by atoms with Gasteiger partial charge in [0.25, 0.3) is 0 Å². The molecule has 21 nitrogen and oxygen atoms in total. The van der Waals surface area contributed by atoms with Crippen molar-refractivity contribution in [2.24, 2.45) is 0 Å². The Labute approximate surface area is 624 Å². The molecule has 24 heteroatoms. The van der Waals surface area contributed by atoms with Crippen LogP contribution >= 0.6 is 35.3 Å². The number of hydrogen-bond donors (Lipinski definition) is 4. The van der Waals surface area contributed by atoms with E-state index in [9.17, 15) is 19.2 Å². The van der Waals surface area contributed by atoms with Crippen LogP contribution in [0.15, 0.2) is 158 Å². The molecular formula is C79H112N10O11S3+2. The number of aromatic amines is 1. The van der Waals surface area contributed by atoms with E-state index in [1.807, 2.05) is 35.0 Å². The van der Waals surface area contributed by atoms with Gasteiger partial charge in [-0.25, -0.2) is 9.13 Å². The fourth-order valence-corrected chi connectivity index (χ4v) is 12.2. The molecular weight excluding hydrogens is 1360 g/mol. The van der Waals surface area contributed by atoms with Crippen molar-refractivity contribution >= 4 is 75.6 Å². The lowest BCUT2D eigenvalue weighted by molar-refractivity contribution is -0.696. The largest absolute Gasteiger partial charge is 0.465 e. The number of piperidine rings is 2. The number of thioether (sulfide) groups is 1. The van der Waals surface area contributed by atoms with Gasteiger partial charge < -0.3 is 63.8 Å². The standard InChI is InChI=1S/C25H20.C24H30N4O6.C18H36N2O2S.C12H24N4O3S2/c1-3-7-22(8-4-1)24-15-11-20(12-16-24)19-21-13-17-25(18-14-21)23-9-5-2-6-10-23;1-19(29)25-21-5-11-27(12-6-21)15-9-23(31)33-17-3-4-18-34-24(32)10-16-28-13-7-22(8-14-28)26-20(2)30;1-3-7-19(8-4-1)11-13-21-15-17-23-18-16-22-14-12-20-9-5-2-6-10-20;1-16(2)4-6-18-8-10-19-9-7-17-5-3-13-11-14-15-12(20)21-11/h1-18H,19H2;5-8,11-14H,3-4,9-10,15-18H2,1-2H3;1-18H2;3-10H2,1-2H3,(H,13,14)(H,15,20)/p+2. The van der Waals surface area contributed by atoms with Gasteiger partial charge in [0.05, 0.1) is 90.7 Å². The van der Waals surface area contributed by atoms with Crippen LogP contribution in [-0.4, -0.2) is 206 Å². The maximum atomic E-state index is 11.9. The number of ether oxygens (including phenoxy) is 7. The lowest BCUT2D eigenvalue weighted by Crippen LogP contribution is -2.34. The fourth-order valence-electron chi connectivity index (χ4n) is 10.7. The van der Waals surface area contributed by atoms with Crippen molar-refractivity contribution in [1.82, 2.24) is 24.9 Å². The first kappa shape index (κ1) is 84.6. The number of pyridine rings is 2. The molecule has 0 atom stereocenters. The van der Waals surface area contributed by atoms with Crippen LogP contribution < -0.4 is 25.1 Å². The molecule has 2 amide bonds. The van der Waals surface area contributed by atoms with E-state index >= 15 is 0 Å². The Bertz CT molecular complexity index is 3230. The van der Waals surface area contributed by atoms with Crippen LogP contribution in [-0.2, 0) is 71.8 Å². The van der Waals surface area contributed by atoms with E-state index in [1.54, 1.807) is 49.1 Å². The Morgan fingerprint density at radius 3 is 1.33 bits per heavy atom. The number of anilines is 3. The molecule has 7 aromatic rings. The molecule has 5 heterocycles. The van der Waals surface area contributed by atoms with Gasteiger partial charge in [-0.1, -0.05) is 133 Å². The van der Waals surface area contributed by atoms with Crippen LogP contribution in [0, 0.1) is 3.95 Å². The number of aryl methyl sites for hydroxylation is 2. The number of amides is 2. The van der Waals surface area contributed by atoms with Crippen molar-refractivity contribution in [3.8, 4) is 22.3 Å². The number of carbonyl (C=O) groups excluding carboxylic acids is 4. The molecule has 2 fully saturated rings. The summed E-state index contributed by atoms with van der Waals surface area (Å²) in [4.78, 5) is 52.9. The second-order valence-electron chi connectivity index (χ2n) is 25.1. The van der Waals surface area contributed by atoms with Gasteiger partial charge >= 0.3 is 11.9 Å². The second-order valence-corrected chi connectivity index (χ2v) is 28.0. The third-order valence-electron chi connectivity index (χ3n) is 16.3. The maximum absolute atomic E-state index is 11.9. The molecule has 2 saturated heterocycles. The van der Waals surface area contributed by atoms with E-state index in [4.69, 9.17) is 45.4 Å². The Kier molecular flexibility index (Phi) is 43.9. The highest BCUT2D eigenvalue weighted by molar-refractivity contribution is 7.99. The van der Waals surface area contributed by atoms with E-state index in [0.29, 0.717) is 80.8 Å². The summed E-state index contributed by atoms with van der Waals surface area (Å²) in [7, 11) is 4.05. The number of carbonyl (C=O) groups is 4. The van der Waals surface area contributed by atoms with Gasteiger partial charge in [-0.05, 0) is 131 Å². The van der Waals surface area contributed by atoms with Crippen LogP contribution in [0.3, 0.4) is 0 Å². The summed E-state index contributed by atoms with van der Waals surface area (Å²) in [6, 6.07) is 45.8. The predicted molar refractivity (Wildman–Crippen MR) is 415 cm³/mol. The van der Waals surface area contributed by atoms with Gasteiger partial charge in [0.1, 0.15) is 12.8 Å². The van der Waals surface area contributed by atoms with Gasteiger partial charge in [-0.15, -0.1) is 5.10 Å². The summed E-state index contributed by atoms with van der Waals surface area (Å²) in [5.74, 6) is 1.32. The normalized spacial score (nSPS) is 12.9. The van der Waals surface area contributed by atoms with Crippen LogP contribution in [0.25, 0.3) is 22.3 Å². The fraction of sp³-hybridized carbons (Fsp3) is 0.494. The highest BCUT2D eigenvalue weighted by Crippen LogP contribution is 2.23. The Morgan fingerprint density at radius 2 is 0.922 bits per heavy atom. The van der Waals surface area contributed by atoms with Crippen LogP contribution in [0.4, 0.5) is 16.5 Å². The van der Waals surface area contributed by atoms with Gasteiger partial charge in [0, 0.05) is 75.8 Å². The van der Waals surface area contributed by atoms with Crippen molar-refractivity contribution in [2.45, 2.75) is 97.6 Å². The van der Waals surface area contributed by atoms with E-state index < -0.39 is 0 Å². The van der Waals surface area contributed by atoms with E-state index in [0.717, 1.165) is 75.7 Å². The lowest BCUT2D eigenvalue weighted by atomic mass is 9.98. The zero-order valence-corrected chi connectivity index (χ0v) is 63.6. The average Bonchev–Trinajstić information content (AvgIpc) is 1.39. The van der Waals surface area contributed by atoms with Crippen molar-refractivity contribution in [3.05, 3.63) is 173 Å². The summed E-state index contributed by atoms with van der Waals surface area (Å²) in [5.41, 5.74) is 9.14. The Hall–Kier alpha value is -7.33. The summed E-state index contributed by atoms with van der Waals surface area (Å²) in [6.07, 6.45) is 18.1. The maximum Gasteiger partial charge on any atom is 0.312 e. The number of likely N-dealkylation sites (tertiary alicyclic amines) is 2. The molecule has 0 aliphatic carbocycles. The minimum Gasteiger partial charge on any atom is -0.465 e. The van der Waals surface area contributed by atoms with Gasteiger partial charge in [0.2, 0.25) is 16.9 Å². The molecule has 0 unspecified atom stereocenters. The highest BCUT2D eigenvalue weighted by atomic mass is 32.2. The number of likely N-dealkylation sites (N-methyl/N-ethyl adjacent to an activating group) is 1. The first-order valence-electron chi connectivity index (χ1n) is 36.3. The molecule has 0 spiro atoms. The van der Waals surface area contributed by atoms with Crippen molar-refractivity contribution in [1.29, 1.82) is 0 Å². The topological polar surface area (TPSA) is 215 Å². The lowest BCUT2D eigenvalue weighted by Gasteiger charge is -2.26. The highest BCUT2D eigenvalue weighted by Gasteiger charge is 2.14. The zero-order chi connectivity index (χ0) is 73.0. The number of esters is 2. The number of H-pyrrole nitrogens is 1. The number of nitrogens with zero attached hydrogens (tertiary/aromatic N) is 6. The molecule has 0 saturated carbocycles. The molecule has 0 radical (unpaired) electrons. The second kappa shape index (κ2) is 53.4. The summed E-state index contributed by atoms with van der Waals surface area (Å²) in [5, 5.41) is 16.0. The first-order valence-corrected chi connectivity index (χ1v) is 38.7. The third-order valence-corrected chi connectivity index (χ3v) is 18.3. The minimum atomic E-state index is -0.294. The smallest absolute Gasteiger partial charge is 0.312 e. The molecule has 2 aliphatic heterocycles. The summed E-state index contributed by atoms with van der Waals surface area (Å²) < 4.78 is 42.4. The molecule has 9 rings (SSSR count). The van der Waals surface area contributed by atoms with Crippen LogP contribution in [0.2, 0.25) is 0 Å². The van der Waals surface area contributed by atoms with Gasteiger partial charge in [-0.2, -0.15) is 11.8 Å². The van der Waals surface area contributed by atoms with Crippen LogP contribution in [0.1, 0.15) is 89.2 Å². The average molecular weight is 1470 g/mol. The van der Waals surface area contributed by atoms with Crippen molar-refractivity contribution in [2.75, 3.05) is 173 Å². The van der Waals surface area contributed by atoms with E-state index in [2.05, 4.69) is 150 Å². The number of benzene rings is 4. The van der Waals surface area contributed by atoms with Crippen molar-refractivity contribution < 1.29 is 61.5 Å². The number of rotatable bonds is 42. The summed E-state index contributed by atoms with van der Waals surface area (Å²) in [6.45, 7) is 20.6. The monoisotopic (exact) mass is 1470 g/mol. The molecule has 103 heavy (non-hydrogen) atoms. The Balaban J connectivity index is 0.000000219. The zero-order valence-electron chi connectivity index (χ0n) is 61.2. The molecule has 4 aromatic carbocycles. The van der Waals surface area contributed by atoms with Gasteiger partial charge in [0.15, 0.2) is 41.8 Å². The SMILES string of the molecule is C1CCN(CCOCCSCCOCCN2CCCCC2)CC1.CC(=O)Nc1cc[n+](CCC(=O)OCCCCOC(=O)CC[n+]2ccc(NC(C)=O)cc2)cc1.CN(C)CCOCCOCCOCCNc1n[nH]c(=S)s1.c1ccc(-c2ccc(Cc3ccc(-c4ccccc4)cc3)cc2)cc1. The minimum absolute atomic E-state index is 0.137. The van der Waals surface area contributed by atoms with Crippen molar-refractivity contribution in [3.63, 3.8) is 0 Å². The van der Waals surface area contributed by atoms with E-state index in [1.165, 1.54) is 123 Å². The summed E-state index contributed by atoms with van der Waals surface area (Å²) >= 11 is 8.29. The van der Waals surface area contributed by atoms with Crippen LogP contribution in [0.5, 0.6) is 0 Å². The number of aromatic nitrogens is 4. The quantitative estimate of drug-likeness (QED) is 0.0121. The Morgan fingerprint density at radius 1 is 0.515 bits per heavy atom. The van der Waals surface area contributed by atoms with Gasteiger partial charge in [-0.3, -0.25) is 24.3 Å². The molecule has 3 aromatic heterocycles. The molecule has 4 N–H and O–H groups in total. The number of unbranched alkanes of at least 4 members (excludes halogenated alkanes) is 1. The predicted octanol–water partition coefficient (Wildman–Crippen LogP) is 12.1. The third kappa shape index (κ3) is 40.5. The van der Waals surface area contributed by atoms with E-state index in [-0.39, 0.29) is 49.8 Å².